The minimum atomic E-state index is -0.971. The zero-order valence-corrected chi connectivity index (χ0v) is 21.9. The van der Waals surface area contributed by atoms with Gasteiger partial charge in [0.05, 0.1) is 18.0 Å². The number of hydrogen-bond acceptors (Lipinski definition) is 6. The zero-order chi connectivity index (χ0) is 27.9. The molecule has 2 aliphatic heterocycles. The molecule has 0 bridgehead atoms. The second-order valence-electron chi connectivity index (χ2n) is 10.6. The standard InChI is InChI=1S/C31H29NO7/c1-31(2,3)21-9-6-19(7-10-21)27-26(28(35)20-8-13-23-24(17-20)39-15-14-38-23)29(36)30(37)32(27)22-11-4-18(5-12-22)16-25(33)34/h4-13,17,27,35H,14-16H2,1-3H3,(H,33,34)/b28-26-. The van der Waals surface area contributed by atoms with Crippen molar-refractivity contribution in [2.45, 2.75) is 38.6 Å². The lowest BCUT2D eigenvalue weighted by molar-refractivity contribution is -0.136. The van der Waals surface area contributed by atoms with E-state index in [1.54, 1.807) is 42.5 Å². The minimum absolute atomic E-state index is 0.0465. The predicted octanol–water partition coefficient (Wildman–Crippen LogP) is 5.01. The van der Waals surface area contributed by atoms with Gasteiger partial charge in [-0.2, -0.15) is 0 Å². The van der Waals surface area contributed by atoms with E-state index in [1.807, 2.05) is 24.3 Å². The number of rotatable bonds is 5. The molecule has 1 atom stereocenters. The van der Waals surface area contributed by atoms with Crippen molar-refractivity contribution in [3.63, 3.8) is 0 Å². The summed E-state index contributed by atoms with van der Waals surface area (Å²) in [6, 6.07) is 18.1. The molecule has 3 aromatic rings. The number of carbonyl (C=O) groups is 3. The molecule has 1 fully saturated rings. The second-order valence-corrected chi connectivity index (χ2v) is 10.6. The molecule has 0 saturated carbocycles. The third kappa shape index (κ3) is 4.97. The quantitative estimate of drug-likeness (QED) is 0.272. The number of amides is 1. The Morgan fingerprint density at radius 1 is 0.897 bits per heavy atom. The van der Waals surface area contributed by atoms with E-state index >= 15 is 0 Å². The van der Waals surface area contributed by atoms with Crippen molar-refractivity contribution in [2.24, 2.45) is 0 Å². The Morgan fingerprint density at radius 3 is 2.15 bits per heavy atom. The summed E-state index contributed by atoms with van der Waals surface area (Å²) in [5.74, 6) is -1.91. The van der Waals surface area contributed by atoms with Crippen LogP contribution in [0.3, 0.4) is 0 Å². The highest BCUT2D eigenvalue weighted by molar-refractivity contribution is 6.51. The average molecular weight is 528 g/mol. The van der Waals surface area contributed by atoms with E-state index in [-0.39, 0.29) is 23.2 Å². The number of ketones is 1. The van der Waals surface area contributed by atoms with E-state index < -0.39 is 23.7 Å². The largest absolute Gasteiger partial charge is 0.507 e. The van der Waals surface area contributed by atoms with Gasteiger partial charge in [-0.15, -0.1) is 0 Å². The van der Waals surface area contributed by atoms with Gasteiger partial charge in [0.2, 0.25) is 0 Å². The first-order chi connectivity index (χ1) is 18.5. The van der Waals surface area contributed by atoms with Crippen LogP contribution in [0.2, 0.25) is 0 Å². The van der Waals surface area contributed by atoms with Gasteiger partial charge in [0.1, 0.15) is 19.0 Å². The lowest BCUT2D eigenvalue weighted by Gasteiger charge is -2.27. The molecule has 1 saturated heterocycles. The Balaban J connectivity index is 1.64. The highest BCUT2D eigenvalue weighted by Crippen LogP contribution is 2.43. The van der Waals surface area contributed by atoms with Crippen LogP contribution in [0.4, 0.5) is 5.69 Å². The smallest absolute Gasteiger partial charge is 0.307 e. The van der Waals surface area contributed by atoms with Gasteiger partial charge < -0.3 is 19.7 Å². The molecule has 1 amide bonds. The summed E-state index contributed by atoms with van der Waals surface area (Å²) in [6.07, 6.45) is -0.166. The third-order valence-corrected chi connectivity index (χ3v) is 6.92. The number of fused-ring (bicyclic) bond motifs is 1. The Morgan fingerprint density at radius 2 is 1.54 bits per heavy atom. The molecule has 200 valence electrons. The van der Waals surface area contributed by atoms with Crippen molar-refractivity contribution in [1.29, 1.82) is 0 Å². The monoisotopic (exact) mass is 527 g/mol. The Labute approximate surface area is 226 Å². The normalized spacial score (nSPS) is 18.3. The fourth-order valence-corrected chi connectivity index (χ4v) is 4.87. The number of ether oxygens (including phenoxy) is 2. The van der Waals surface area contributed by atoms with E-state index in [2.05, 4.69) is 20.8 Å². The molecule has 0 aliphatic carbocycles. The van der Waals surface area contributed by atoms with Crippen LogP contribution in [-0.2, 0) is 26.2 Å². The highest BCUT2D eigenvalue weighted by atomic mass is 16.6. The number of aliphatic carboxylic acids is 1. The molecule has 1 unspecified atom stereocenters. The number of Topliss-reactive ketones (excluding diaryl/α,β-unsaturated/α-hetero) is 1. The summed E-state index contributed by atoms with van der Waals surface area (Å²) < 4.78 is 11.2. The van der Waals surface area contributed by atoms with Crippen LogP contribution in [0.1, 0.15) is 49.1 Å². The maximum absolute atomic E-state index is 13.5. The van der Waals surface area contributed by atoms with E-state index in [9.17, 15) is 19.5 Å². The van der Waals surface area contributed by atoms with Crippen LogP contribution in [0.25, 0.3) is 5.76 Å². The van der Waals surface area contributed by atoms with Crippen LogP contribution < -0.4 is 14.4 Å². The van der Waals surface area contributed by atoms with Gasteiger partial charge in [0.25, 0.3) is 11.7 Å². The van der Waals surface area contributed by atoms with Gasteiger partial charge >= 0.3 is 5.97 Å². The van der Waals surface area contributed by atoms with Crippen LogP contribution in [0.5, 0.6) is 11.5 Å². The van der Waals surface area contributed by atoms with Gasteiger partial charge in [0.15, 0.2) is 11.5 Å². The lowest BCUT2D eigenvalue weighted by atomic mass is 9.85. The van der Waals surface area contributed by atoms with Gasteiger partial charge in [-0.05, 0) is 52.4 Å². The third-order valence-electron chi connectivity index (χ3n) is 6.92. The first-order valence-electron chi connectivity index (χ1n) is 12.7. The van der Waals surface area contributed by atoms with E-state index in [0.717, 1.165) is 5.56 Å². The molecule has 5 rings (SSSR count). The summed E-state index contributed by atoms with van der Waals surface area (Å²) in [5, 5.41) is 20.6. The maximum Gasteiger partial charge on any atom is 0.307 e. The number of benzene rings is 3. The molecule has 2 N–H and O–H groups in total. The number of carboxylic acid groups (broad SMARTS) is 1. The SMILES string of the molecule is CC(C)(C)c1ccc(C2/C(=C(/O)c3ccc4c(c3)OCCO4)C(=O)C(=O)N2c2ccc(CC(=O)O)cc2)cc1. The van der Waals surface area contributed by atoms with E-state index in [1.165, 1.54) is 4.90 Å². The van der Waals surface area contributed by atoms with Crippen LogP contribution in [0, 0.1) is 0 Å². The lowest BCUT2D eigenvalue weighted by Crippen LogP contribution is -2.29. The molecular formula is C31H29NO7. The number of anilines is 1. The molecule has 0 aromatic heterocycles. The van der Waals surface area contributed by atoms with Crippen molar-refractivity contribution in [3.05, 3.63) is 94.6 Å². The van der Waals surface area contributed by atoms with Crippen molar-refractivity contribution in [3.8, 4) is 11.5 Å². The first kappa shape index (κ1) is 26.0. The number of aliphatic hydroxyl groups is 1. The Kier molecular flexibility index (Phi) is 6.64. The van der Waals surface area contributed by atoms with Gasteiger partial charge in [-0.1, -0.05) is 57.2 Å². The maximum atomic E-state index is 13.5. The number of nitrogens with zero attached hydrogens (tertiary/aromatic N) is 1. The van der Waals surface area contributed by atoms with Crippen molar-refractivity contribution in [1.82, 2.24) is 0 Å². The molecule has 39 heavy (non-hydrogen) atoms. The number of hydrogen-bond donors (Lipinski definition) is 2. The van der Waals surface area contributed by atoms with Crippen LogP contribution in [-0.4, -0.2) is 41.1 Å². The molecule has 3 aromatic carbocycles. The summed E-state index contributed by atoms with van der Waals surface area (Å²) in [6.45, 7) is 7.05. The van der Waals surface area contributed by atoms with Gasteiger partial charge in [0, 0.05) is 11.3 Å². The van der Waals surface area contributed by atoms with Crippen molar-refractivity contribution >= 4 is 29.1 Å². The molecule has 2 heterocycles. The Hall–Kier alpha value is -4.59. The van der Waals surface area contributed by atoms with Gasteiger partial charge in [-0.25, -0.2) is 0 Å². The topological polar surface area (TPSA) is 113 Å². The second kappa shape index (κ2) is 9.94. The number of carboxylic acids is 1. The molecule has 0 spiro atoms. The average Bonchev–Trinajstić information content (AvgIpc) is 3.18. The van der Waals surface area contributed by atoms with Crippen molar-refractivity contribution in [2.75, 3.05) is 18.1 Å². The first-order valence-corrected chi connectivity index (χ1v) is 12.7. The van der Waals surface area contributed by atoms with Crippen LogP contribution >= 0.6 is 0 Å². The summed E-state index contributed by atoms with van der Waals surface area (Å²) >= 11 is 0. The Bertz CT molecular complexity index is 1480. The van der Waals surface area contributed by atoms with E-state index in [4.69, 9.17) is 14.6 Å². The van der Waals surface area contributed by atoms with Crippen LogP contribution in [0.15, 0.2) is 72.3 Å². The summed E-state index contributed by atoms with van der Waals surface area (Å²) in [4.78, 5) is 39.4. The molecule has 2 aliphatic rings. The fraction of sp³-hybridized carbons (Fsp3) is 0.258. The molecule has 0 radical (unpaired) electrons. The minimum Gasteiger partial charge on any atom is -0.507 e. The molecule has 8 heteroatoms. The van der Waals surface area contributed by atoms with Crippen molar-refractivity contribution < 1.29 is 34.1 Å². The summed E-state index contributed by atoms with van der Waals surface area (Å²) in [7, 11) is 0. The number of aliphatic hydroxyl groups excluding tert-OH is 1. The van der Waals surface area contributed by atoms with E-state index in [0.29, 0.717) is 47.1 Å². The predicted molar refractivity (Wildman–Crippen MR) is 145 cm³/mol. The molecular weight excluding hydrogens is 498 g/mol. The van der Waals surface area contributed by atoms with Gasteiger partial charge in [-0.3, -0.25) is 19.3 Å². The fourth-order valence-electron chi connectivity index (χ4n) is 4.87. The molecule has 8 nitrogen and oxygen atoms in total. The summed E-state index contributed by atoms with van der Waals surface area (Å²) in [5.41, 5.74) is 2.87. The number of carbonyl (C=O) groups excluding carboxylic acids is 2. The highest BCUT2D eigenvalue weighted by Gasteiger charge is 2.47. The zero-order valence-electron chi connectivity index (χ0n) is 21.9.